The van der Waals surface area contributed by atoms with E-state index < -0.39 is 0 Å². The van der Waals surface area contributed by atoms with E-state index in [-0.39, 0.29) is 0 Å². The first-order valence-electron chi connectivity index (χ1n) is 7.87. The van der Waals surface area contributed by atoms with Crippen LogP contribution in [0, 0.1) is 13.8 Å². The average Bonchev–Trinajstić information content (AvgIpc) is 2.52. The predicted molar refractivity (Wildman–Crippen MR) is 93.4 cm³/mol. The number of benzene rings is 2. The Morgan fingerprint density at radius 2 is 1.20 bits per heavy atom. The van der Waals surface area contributed by atoms with Crippen molar-refractivity contribution in [3.8, 4) is 11.1 Å². The lowest BCUT2D eigenvalue weighted by molar-refractivity contribution is 1.13. The van der Waals surface area contributed by atoms with Crippen LogP contribution < -0.4 is 0 Å². The van der Waals surface area contributed by atoms with E-state index in [1.807, 2.05) is 27.7 Å². The van der Waals surface area contributed by atoms with Crippen LogP contribution in [0.4, 0.5) is 0 Å². The Morgan fingerprint density at radius 3 is 1.70 bits per heavy atom. The number of hydrogen-bond donors (Lipinski definition) is 0. The summed E-state index contributed by atoms with van der Waals surface area (Å²) in [5, 5.41) is 0. The van der Waals surface area contributed by atoms with Crippen molar-refractivity contribution in [1.29, 1.82) is 0 Å². The summed E-state index contributed by atoms with van der Waals surface area (Å²) in [5.74, 6) is 0. The van der Waals surface area contributed by atoms with Crippen molar-refractivity contribution in [2.75, 3.05) is 0 Å². The molecule has 0 heteroatoms. The quantitative estimate of drug-likeness (QED) is 0.577. The molecular weight excluding hydrogens is 240 g/mol. The summed E-state index contributed by atoms with van der Waals surface area (Å²) < 4.78 is 0. The molecule has 2 rings (SSSR count). The first-order chi connectivity index (χ1) is 9.70. The van der Waals surface area contributed by atoms with Crippen LogP contribution in [0.1, 0.15) is 51.3 Å². The average molecular weight is 270 g/mol. The van der Waals surface area contributed by atoms with E-state index >= 15 is 0 Å². The zero-order valence-electron chi connectivity index (χ0n) is 14.2. The molecule has 0 atom stereocenters. The largest absolute Gasteiger partial charge is 0.0683 e. The van der Waals surface area contributed by atoms with E-state index in [1.165, 1.54) is 27.8 Å². The zero-order valence-corrected chi connectivity index (χ0v) is 14.2. The van der Waals surface area contributed by atoms with E-state index in [0.717, 1.165) is 6.42 Å². The lowest BCUT2D eigenvalue weighted by Gasteiger charge is -2.09. The maximum absolute atomic E-state index is 2.29. The van der Waals surface area contributed by atoms with Crippen molar-refractivity contribution in [3.05, 3.63) is 59.2 Å². The Balaban J connectivity index is 0.000000829. The fourth-order valence-corrected chi connectivity index (χ4v) is 2.03. The Kier molecular flexibility index (Phi) is 9.45. The Hall–Kier alpha value is -1.56. The van der Waals surface area contributed by atoms with Crippen molar-refractivity contribution in [1.82, 2.24) is 0 Å². The summed E-state index contributed by atoms with van der Waals surface area (Å²) in [6, 6.07) is 15.5. The van der Waals surface area contributed by atoms with Crippen molar-refractivity contribution in [2.45, 2.75) is 54.9 Å². The van der Waals surface area contributed by atoms with Gasteiger partial charge in [-0.2, -0.15) is 0 Å². The number of hydrogen-bond acceptors (Lipinski definition) is 0. The molecule has 0 nitrogen and oxygen atoms in total. The minimum atomic E-state index is 1.09. The second-order valence-electron chi connectivity index (χ2n) is 4.38. The topological polar surface area (TPSA) is 0 Å². The molecule has 20 heavy (non-hydrogen) atoms. The summed E-state index contributed by atoms with van der Waals surface area (Å²) in [7, 11) is 0. The molecule has 0 aliphatic heterocycles. The SMILES string of the molecule is CC.CC.CCc1cc(C)ccc1-c1ccc(C)cc1. The molecule has 2 aromatic rings. The van der Waals surface area contributed by atoms with Crippen LogP contribution in [-0.2, 0) is 6.42 Å². The van der Waals surface area contributed by atoms with Crippen LogP contribution in [-0.4, -0.2) is 0 Å². The molecule has 0 heterocycles. The minimum absolute atomic E-state index is 1.09. The van der Waals surface area contributed by atoms with Crippen LogP contribution in [0.2, 0.25) is 0 Å². The second kappa shape index (κ2) is 10.3. The van der Waals surface area contributed by atoms with Gasteiger partial charge in [-0.15, -0.1) is 0 Å². The fraction of sp³-hybridized carbons (Fsp3) is 0.400. The molecule has 0 aliphatic rings. The molecule has 0 saturated carbocycles. The molecule has 0 radical (unpaired) electrons. The van der Waals surface area contributed by atoms with Gasteiger partial charge in [0.15, 0.2) is 0 Å². The molecule has 2 aromatic carbocycles. The Labute approximate surface area is 125 Å². The lowest BCUT2D eigenvalue weighted by atomic mass is 9.96. The molecule has 0 spiro atoms. The van der Waals surface area contributed by atoms with Gasteiger partial charge >= 0.3 is 0 Å². The summed E-state index contributed by atoms with van der Waals surface area (Å²) in [6.07, 6.45) is 1.09. The van der Waals surface area contributed by atoms with Gasteiger partial charge in [-0.1, -0.05) is 88.2 Å². The highest BCUT2D eigenvalue weighted by molar-refractivity contribution is 5.68. The van der Waals surface area contributed by atoms with Gasteiger partial charge in [0.05, 0.1) is 0 Å². The molecule has 0 bridgehead atoms. The highest BCUT2D eigenvalue weighted by Gasteiger charge is 2.03. The molecule has 0 aromatic heterocycles. The van der Waals surface area contributed by atoms with E-state index in [2.05, 4.69) is 63.2 Å². The third kappa shape index (κ3) is 5.21. The van der Waals surface area contributed by atoms with Gasteiger partial charge in [0, 0.05) is 0 Å². The molecule has 0 aliphatic carbocycles. The molecular formula is C20H30. The monoisotopic (exact) mass is 270 g/mol. The highest BCUT2D eigenvalue weighted by Crippen LogP contribution is 2.25. The normalized spacial score (nSPS) is 8.95. The maximum Gasteiger partial charge on any atom is -0.0152 e. The molecule has 0 unspecified atom stereocenters. The molecule has 0 N–H and O–H groups in total. The molecule has 110 valence electrons. The second-order valence-corrected chi connectivity index (χ2v) is 4.38. The summed E-state index contributed by atoms with van der Waals surface area (Å²) >= 11 is 0. The Morgan fingerprint density at radius 1 is 0.700 bits per heavy atom. The third-order valence-electron chi connectivity index (χ3n) is 3.00. The first-order valence-corrected chi connectivity index (χ1v) is 7.87. The van der Waals surface area contributed by atoms with Gasteiger partial charge in [0.2, 0.25) is 0 Å². The standard InChI is InChI=1S/C16H18.2C2H6/c1-4-14-11-13(3)7-10-16(14)15-8-5-12(2)6-9-15;2*1-2/h5-11H,4H2,1-3H3;2*1-2H3. The maximum atomic E-state index is 2.29. The van der Waals surface area contributed by atoms with E-state index in [9.17, 15) is 0 Å². The molecule has 0 fully saturated rings. The highest BCUT2D eigenvalue weighted by atomic mass is 14.1. The van der Waals surface area contributed by atoms with Gasteiger partial charge < -0.3 is 0 Å². The van der Waals surface area contributed by atoms with E-state index in [4.69, 9.17) is 0 Å². The summed E-state index contributed by atoms with van der Waals surface area (Å²) in [6.45, 7) is 14.5. The van der Waals surface area contributed by atoms with Gasteiger partial charge in [-0.25, -0.2) is 0 Å². The fourth-order valence-electron chi connectivity index (χ4n) is 2.03. The molecule has 0 amide bonds. The van der Waals surface area contributed by atoms with E-state index in [0.29, 0.717) is 0 Å². The van der Waals surface area contributed by atoms with Crippen LogP contribution in [0.25, 0.3) is 11.1 Å². The minimum Gasteiger partial charge on any atom is -0.0683 e. The van der Waals surface area contributed by atoms with Crippen LogP contribution in [0.15, 0.2) is 42.5 Å². The van der Waals surface area contributed by atoms with Gasteiger partial charge in [0.1, 0.15) is 0 Å². The van der Waals surface area contributed by atoms with Crippen LogP contribution in [0.5, 0.6) is 0 Å². The van der Waals surface area contributed by atoms with Crippen LogP contribution >= 0.6 is 0 Å². The van der Waals surface area contributed by atoms with Crippen molar-refractivity contribution >= 4 is 0 Å². The molecule has 0 saturated heterocycles. The van der Waals surface area contributed by atoms with Gasteiger partial charge in [0.25, 0.3) is 0 Å². The zero-order chi connectivity index (χ0) is 15.5. The van der Waals surface area contributed by atoms with Crippen LogP contribution in [0.3, 0.4) is 0 Å². The number of aryl methyl sites for hydroxylation is 3. The number of rotatable bonds is 2. The van der Waals surface area contributed by atoms with Gasteiger partial charge in [-0.3, -0.25) is 0 Å². The lowest BCUT2D eigenvalue weighted by Crippen LogP contribution is -1.89. The smallest absolute Gasteiger partial charge is 0.0152 e. The van der Waals surface area contributed by atoms with Gasteiger partial charge in [-0.05, 0) is 37.0 Å². The first kappa shape index (κ1) is 18.4. The summed E-state index contributed by atoms with van der Waals surface area (Å²) in [4.78, 5) is 0. The predicted octanol–water partition coefficient (Wildman–Crippen LogP) is 6.59. The summed E-state index contributed by atoms with van der Waals surface area (Å²) in [5.41, 5.74) is 6.78. The van der Waals surface area contributed by atoms with Crippen molar-refractivity contribution in [2.24, 2.45) is 0 Å². The third-order valence-corrected chi connectivity index (χ3v) is 3.00. The van der Waals surface area contributed by atoms with Crippen molar-refractivity contribution in [3.63, 3.8) is 0 Å². The van der Waals surface area contributed by atoms with Crippen molar-refractivity contribution < 1.29 is 0 Å². The van der Waals surface area contributed by atoms with E-state index in [1.54, 1.807) is 0 Å². The Bertz CT molecular complexity index is 478.